The Morgan fingerprint density at radius 1 is 1.14 bits per heavy atom. The molecule has 0 aliphatic heterocycles. The number of carbonyl (C=O) groups excluding carboxylic acids is 2. The number of rotatable bonds is 0. The maximum Gasteiger partial charge on any atom is 0.164 e. The Bertz CT molecular complexity index is 613. The molecular weight excluding hydrogens is 272 g/mol. The highest BCUT2D eigenvalue weighted by molar-refractivity contribution is 6.02. The topological polar surface area (TPSA) is 34.1 Å². The first-order chi connectivity index (χ1) is 10.4. The Labute approximate surface area is 133 Å². The first-order valence-electron chi connectivity index (χ1n) is 8.80. The summed E-state index contributed by atoms with van der Waals surface area (Å²) in [6, 6.07) is 0. The monoisotopic (exact) mass is 298 g/mol. The summed E-state index contributed by atoms with van der Waals surface area (Å²) in [5, 5.41) is 0. The molecule has 0 N–H and O–H groups in total. The van der Waals surface area contributed by atoms with Crippen molar-refractivity contribution in [1.82, 2.24) is 0 Å². The van der Waals surface area contributed by atoms with E-state index in [0.29, 0.717) is 35.7 Å². The van der Waals surface area contributed by atoms with Gasteiger partial charge in [0.1, 0.15) is 5.78 Å². The molecule has 0 amide bonds. The van der Waals surface area contributed by atoms with Crippen molar-refractivity contribution in [2.75, 3.05) is 0 Å². The second-order valence-corrected chi connectivity index (χ2v) is 8.57. The van der Waals surface area contributed by atoms with Crippen molar-refractivity contribution in [3.8, 4) is 0 Å². The molecule has 3 fully saturated rings. The summed E-state index contributed by atoms with van der Waals surface area (Å²) in [7, 11) is 0. The Morgan fingerprint density at radius 3 is 2.68 bits per heavy atom. The first-order valence-corrected chi connectivity index (χ1v) is 8.80. The van der Waals surface area contributed by atoms with E-state index in [9.17, 15) is 9.59 Å². The van der Waals surface area contributed by atoms with Gasteiger partial charge in [0.15, 0.2) is 5.78 Å². The van der Waals surface area contributed by atoms with Gasteiger partial charge in [0, 0.05) is 18.3 Å². The third-order valence-corrected chi connectivity index (χ3v) is 7.63. The molecule has 0 unspecified atom stereocenters. The summed E-state index contributed by atoms with van der Waals surface area (Å²) < 4.78 is 0. The SMILES string of the molecule is C=C1C[C@H]2[C@@H]3CC=C4CC(=O)CC[C@]4(C)[C@H]3CC[C@]2(C)C1=O. The largest absolute Gasteiger partial charge is 0.299 e. The number of hydrogen-bond donors (Lipinski definition) is 0. The predicted molar refractivity (Wildman–Crippen MR) is 86.2 cm³/mol. The Balaban J connectivity index is 1.72. The van der Waals surface area contributed by atoms with E-state index in [4.69, 9.17) is 0 Å². The molecule has 0 spiro atoms. The zero-order chi connectivity index (χ0) is 15.7. The van der Waals surface area contributed by atoms with E-state index >= 15 is 0 Å². The van der Waals surface area contributed by atoms with Gasteiger partial charge in [0.05, 0.1) is 0 Å². The molecule has 4 rings (SSSR count). The average Bonchev–Trinajstić information content (AvgIpc) is 2.72. The van der Waals surface area contributed by atoms with Crippen LogP contribution in [0, 0.1) is 28.6 Å². The Hall–Kier alpha value is -1.18. The minimum atomic E-state index is -0.162. The quantitative estimate of drug-likeness (QED) is 0.495. The van der Waals surface area contributed by atoms with Gasteiger partial charge in [-0.2, -0.15) is 0 Å². The molecule has 2 nitrogen and oxygen atoms in total. The molecule has 22 heavy (non-hydrogen) atoms. The predicted octanol–water partition coefficient (Wildman–Crippen LogP) is 4.25. The fourth-order valence-corrected chi connectivity index (χ4v) is 6.22. The molecular formula is C20H26O2. The highest BCUT2D eigenvalue weighted by atomic mass is 16.1. The highest BCUT2D eigenvalue weighted by Crippen LogP contribution is 2.64. The van der Waals surface area contributed by atoms with E-state index in [0.717, 1.165) is 44.1 Å². The highest BCUT2D eigenvalue weighted by Gasteiger charge is 2.59. The molecule has 2 heteroatoms. The minimum absolute atomic E-state index is 0.162. The summed E-state index contributed by atoms with van der Waals surface area (Å²) in [4.78, 5) is 24.4. The number of Topliss-reactive ketones (excluding diaryl/α,β-unsaturated/α-hetero) is 2. The number of allylic oxidation sites excluding steroid dienone is 3. The zero-order valence-electron chi connectivity index (χ0n) is 13.8. The number of ketones is 2. The second-order valence-electron chi connectivity index (χ2n) is 8.57. The molecule has 0 aromatic heterocycles. The van der Waals surface area contributed by atoms with E-state index < -0.39 is 0 Å². The van der Waals surface area contributed by atoms with Gasteiger partial charge in [-0.05, 0) is 60.8 Å². The van der Waals surface area contributed by atoms with Crippen LogP contribution in [0.2, 0.25) is 0 Å². The van der Waals surface area contributed by atoms with Gasteiger partial charge in [-0.25, -0.2) is 0 Å². The van der Waals surface area contributed by atoms with Gasteiger partial charge < -0.3 is 0 Å². The van der Waals surface area contributed by atoms with E-state index in [1.165, 1.54) is 5.57 Å². The third-order valence-electron chi connectivity index (χ3n) is 7.63. The number of carbonyl (C=O) groups is 2. The molecule has 3 saturated carbocycles. The molecule has 0 radical (unpaired) electrons. The van der Waals surface area contributed by atoms with Crippen LogP contribution in [0.15, 0.2) is 23.8 Å². The number of hydrogen-bond acceptors (Lipinski definition) is 2. The maximum absolute atomic E-state index is 12.6. The van der Waals surface area contributed by atoms with Crippen LogP contribution in [0.5, 0.6) is 0 Å². The molecule has 118 valence electrons. The van der Waals surface area contributed by atoms with Crippen LogP contribution >= 0.6 is 0 Å². The van der Waals surface area contributed by atoms with Crippen molar-refractivity contribution in [3.05, 3.63) is 23.8 Å². The van der Waals surface area contributed by atoms with Crippen LogP contribution in [0.25, 0.3) is 0 Å². The van der Waals surface area contributed by atoms with Crippen LogP contribution in [0.3, 0.4) is 0 Å². The first kappa shape index (κ1) is 14.4. The van der Waals surface area contributed by atoms with Gasteiger partial charge in [-0.15, -0.1) is 0 Å². The molecule has 4 aliphatic carbocycles. The van der Waals surface area contributed by atoms with Crippen LogP contribution < -0.4 is 0 Å². The molecule has 5 atom stereocenters. The standard InChI is InChI=1S/C20H26O2/c1-12-10-17-15-5-4-13-11-14(21)6-8-19(13,2)16(15)7-9-20(17,3)18(12)22/h4,15-17H,1,5-11H2,2-3H3/t15-,16+,17+,19+,20+/m1/s1. The van der Waals surface area contributed by atoms with Gasteiger partial charge in [-0.3, -0.25) is 9.59 Å². The smallest absolute Gasteiger partial charge is 0.164 e. The summed E-state index contributed by atoms with van der Waals surface area (Å²) in [6.07, 6.45) is 8.88. The molecule has 0 aromatic rings. The van der Waals surface area contributed by atoms with E-state index in [1.54, 1.807) is 0 Å². The van der Waals surface area contributed by atoms with Crippen LogP contribution in [-0.4, -0.2) is 11.6 Å². The summed E-state index contributed by atoms with van der Waals surface area (Å²) >= 11 is 0. The molecule has 0 saturated heterocycles. The molecule has 0 heterocycles. The van der Waals surface area contributed by atoms with Gasteiger partial charge in [-0.1, -0.05) is 32.1 Å². The lowest BCUT2D eigenvalue weighted by atomic mass is 9.48. The van der Waals surface area contributed by atoms with Crippen molar-refractivity contribution in [1.29, 1.82) is 0 Å². The van der Waals surface area contributed by atoms with Crippen LogP contribution in [-0.2, 0) is 9.59 Å². The van der Waals surface area contributed by atoms with Crippen LogP contribution in [0.1, 0.15) is 58.8 Å². The van der Waals surface area contributed by atoms with Gasteiger partial charge in [0.2, 0.25) is 0 Å². The fraction of sp³-hybridized carbons (Fsp3) is 0.700. The van der Waals surface area contributed by atoms with Gasteiger partial charge >= 0.3 is 0 Å². The van der Waals surface area contributed by atoms with Gasteiger partial charge in [0.25, 0.3) is 0 Å². The van der Waals surface area contributed by atoms with Crippen molar-refractivity contribution < 1.29 is 9.59 Å². The summed E-state index contributed by atoms with van der Waals surface area (Å²) in [5.41, 5.74) is 2.29. The van der Waals surface area contributed by atoms with E-state index in [1.807, 2.05) is 0 Å². The van der Waals surface area contributed by atoms with E-state index in [-0.39, 0.29) is 10.8 Å². The third kappa shape index (κ3) is 1.67. The minimum Gasteiger partial charge on any atom is -0.299 e. The zero-order valence-corrected chi connectivity index (χ0v) is 13.8. The van der Waals surface area contributed by atoms with Crippen molar-refractivity contribution in [2.24, 2.45) is 28.6 Å². The maximum atomic E-state index is 12.6. The number of fused-ring (bicyclic) bond motifs is 5. The summed E-state index contributed by atoms with van der Waals surface area (Å²) in [6.45, 7) is 8.61. The Kier molecular flexibility index (Phi) is 2.90. The van der Waals surface area contributed by atoms with Crippen molar-refractivity contribution in [3.63, 3.8) is 0 Å². The second kappa shape index (κ2) is 4.43. The van der Waals surface area contributed by atoms with Crippen molar-refractivity contribution in [2.45, 2.75) is 58.8 Å². The fourth-order valence-electron chi connectivity index (χ4n) is 6.22. The normalized spacial score (nSPS) is 47.6. The van der Waals surface area contributed by atoms with Crippen LogP contribution in [0.4, 0.5) is 0 Å². The molecule has 0 bridgehead atoms. The lowest BCUT2D eigenvalue weighted by Gasteiger charge is -2.56. The summed E-state index contributed by atoms with van der Waals surface area (Å²) in [5.74, 6) is 2.46. The molecule has 4 aliphatic rings. The lowest BCUT2D eigenvalue weighted by Crippen LogP contribution is -2.50. The molecule has 0 aromatic carbocycles. The average molecular weight is 298 g/mol. The van der Waals surface area contributed by atoms with Crippen molar-refractivity contribution >= 4 is 11.6 Å². The van der Waals surface area contributed by atoms with E-state index in [2.05, 4.69) is 26.5 Å². The lowest BCUT2D eigenvalue weighted by molar-refractivity contribution is -0.130. The Morgan fingerprint density at radius 2 is 1.91 bits per heavy atom.